The third-order valence-electron chi connectivity index (χ3n) is 3.27. The Kier molecular flexibility index (Phi) is 4.11. The highest BCUT2D eigenvalue weighted by Gasteiger charge is 2.14. The predicted octanol–water partition coefficient (Wildman–Crippen LogP) is 1.45. The van der Waals surface area contributed by atoms with Crippen LogP contribution in [0.25, 0.3) is 0 Å². The van der Waals surface area contributed by atoms with Gasteiger partial charge in [0.05, 0.1) is 0 Å². The Morgan fingerprint density at radius 2 is 2.14 bits per heavy atom. The van der Waals surface area contributed by atoms with Gasteiger partial charge in [-0.15, -0.1) is 0 Å². The molecule has 112 valence electrons. The first kappa shape index (κ1) is 14.8. The van der Waals surface area contributed by atoms with Crippen LogP contribution in [0.15, 0.2) is 33.9 Å². The van der Waals surface area contributed by atoms with Gasteiger partial charge >= 0.3 is 5.69 Å². The second-order valence-corrected chi connectivity index (χ2v) is 4.68. The number of hydrogen-bond acceptors (Lipinski definition) is 4. The predicted molar refractivity (Wildman–Crippen MR) is 79.8 cm³/mol. The van der Waals surface area contributed by atoms with Crippen LogP contribution in [-0.4, -0.2) is 9.55 Å². The molecule has 0 aliphatic rings. The van der Waals surface area contributed by atoms with Crippen molar-refractivity contribution in [3.63, 3.8) is 0 Å². The zero-order valence-electron chi connectivity index (χ0n) is 11.8. The van der Waals surface area contributed by atoms with Gasteiger partial charge in [-0.3, -0.25) is 14.3 Å². The molecule has 0 saturated carbocycles. The van der Waals surface area contributed by atoms with Crippen molar-refractivity contribution in [2.24, 2.45) is 0 Å². The Balaban J connectivity index is 2.40. The molecule has 2 rings (SSSR count). The molecule has 6 nitrogen and oxygen atoms in total. The fraction of sp³-hybridized carbons (Fsp3) is 0.286. The lowest BCUT2D eigenvalue weighted by Gasteiger charge is -2.18. The van der Waals surface area contributed by atoms with E-state index in [0.29, 0.717) is 12.1 Å². The molecular weight excluding hydrogens is 275 g/mol. The number of H-pyrrole nitrogens is 1. The van der Waals surface area contributed by atoms with E-state index in [1.165, 1.54) is 16.7 Å². The van der Waals surface area contributed by atoms with E-state index in [2.05, 4.69) is 10.3 Å². The highest BCUT2D eigenvalue weighted by Crippen LogP contribution is 2.20. The Hall–Kier alpha value is -2.57. The average Bonchev–Trinajstić information content (AvgIpc) is 2.43. The maximum absolute atomic E-state index is 13.2. The maximum Gasteiger partial charge on any atom is 0.330 e. The van der Waals surface area contributed by atoms with Crippen molar-refractivity contribution < 1.29 is 4.39 Å². The first-order chi connectivity index (χ1) is 9.93. The largest absolute Gasteiger partial charge is 0.383 e. The second kappa shape index (κ2) is 5.82. The van der Waals surface area contributed by atoms with Gasteiger partial charge in [0.15, 0.2) is 0 Å². The molecular formula is C14H17FN4O2. The summed E-state index contributed by atoms with van der Waals surface area (Å²) in [6.07, 6.45) is 0. The molecule has 21 heavy (non-hydrogen) atoms. The summed E-state index contributed by atoms with van der Waals surface area (Å²) in [5.41, 5.74) is 5.49. The van der Waals surface area contributed by atoms with Crippen LogP contribution in [0.5, 0.6) is 0 Å². The fourth-order valence-electron chi connectivity index (χ4n) is 2.12. The van der Waals surface area contributed by atoms with Crippen molar-refractivity contribution in [2.75, 3.05) is 11.1 Å². The van der Waals surface area contributed by atoms with E-state index in [-0.39, 0.29) is 23.4 Å². The first-order valence-electron chi connectivity index (χ1n) is 6.58. The molecule has 0 aliphatic carbocycles. The topological polar surface area (TPSA) is 92.9 Å². The SMILES string of the molecule is CCn1c(N)c(NC(C)c2cccc(F)c2)c(=O)[nH]c1=O. The van der Waals surface area contributed by atoms with Crippen LogP contribution in [0, 0.1) is 5.82 Å². The van der Waals surface area contributed by atoms with Crippen molar-refractivity contribution in [1.82, 2.24) is 9.55 Å². The number of benzene rings is 1. The van der Waals surface area contributed by atoms with Crippen molar-refractivity contribution >= 4 is 11.5 Å². The molecule has 1 aromatic carbocycles. The van der Waals surface area contributed by atoms with Crippen molar-refractivity contribution in [2.45, 2.75) is 26.4 Å². The number of aromatic nitrogens is 2. The van der Waals surface area contributed by atoms with E-state index >= 15 is 0 Å². The lowest BCUT2D eigenvalue weighted by atomic mass is 10.1. The lowest BCUT2D eigenvalue weighted by molar-refractivity contribution is 0.623. The van der Waals surface area contributed by atoms with E-state index in [1.54, 1.807) is 26.0 Å². The monoisotopic (exact) mass is 292 g/mol. The molecule has 7 heteroatoms. The van der Waals surface area contributed by atoms with E-state index in [4.69, 9.17) is 5.73 Å². The normalized spacial score (nSPS) is 12.1. The molecule has 0 aliphatic heterocycles. The van der Waals surface area contributed by atoms with Crippen LogP contribution >= 0.6 is 0 Å². The smallest absolute Gasteiger partial charge is 0.330 e. The quantitative estimate of drug-likeness (QED) is 0.795. The van der Waals surface area contributed by atoms with Gasteiger partial charge in [0.25, 0.3) is 5.56 Å². The van der Waals surface area contributed by atoms with Gasteiger partial charge in [-0.1, -0.05) is 12.1 Å². The second-order valence-electron chi connectivity index (χ2n) is 4.68. The summed E-state index contributed by atoms with van der Waals surface area (Å²) in [7, 11) is 0. The van der Waals surface area contributed by atoms with Gasteiger partial charge in [-0.2, -0.15) is 0 Å². The molecule has 0 fully saturated rings. The number of nitrogens with one attached hydrogen (secondary N) is 2. The number of rotatable bonds is 4. The van der Waals surface area contributed by atoms with Gasteiger partial charge in [-0.05, 0) is 31.5 Å². The van der Waals surface area contributed by atoms with Crippen molar-refractivity contribution in [3.8, 4) is 0 Å². The number of halogens is 1. The van der Waals surface area contributed by atoms with Crippen LogP contribution in [0.1, 0.15) is 25.5 Å². The summed E-state index contributed by atoms with van der Waals surface area (Å²) in [4.78, 5) is 25.7. The minimum Gasteiger partial charge on any atom is -0.383 e. The Labute approximate surface area is 120 Å². The van der Waals surface area contributed by atoms with E-state index in [9.17, 15) is 14.0 Å². The van der Waals surface area contributed by atoms with Gasteiger partial charge in [-0.25, -0.2) is 9.18 Å². The van der Waals surface area contributed by atoms with Crippen molar-refractivity contribution in [1.29, 1.82) is 0 Å². The third kappa shape index (κ3) is 2.96. The summed E-state index contributed by atoms with van der Waals surface area (Å²) in [6, 6.07) is 5.70. The standard InChI is InChI=1S/C14H17FN4O2/c1-3-19-12(16)11(13(20)18-14(19)21)17-8(2)9-5-4-6-10(15)7-9/h4-8,17H,3,16H2,1-2H3,(H,18,20,21). The molecule has 2 aromatic rings. The summed E-state index contributed by atoms with van der Waals surface area (Å²) in [6.45, 7) is 3.86. The molecule has 0 saturated heterocycles. The highest BCUT2D eigenvalue weighted by atomic mass is 19.1. The Bertz CT molecular complexity index is 766. The summed E-state index contributed by atoms with van der Waals surface area (Å²) in [5.74, 6) is -0.295. The molecule has 0 radical (unpaired) electrons. The number of anilines is 2. The molecule has 0 bridgehead atoms. The Morgan fingerprint density at radius 1 is 1.43 bits per heavy atom. The third-order valence-corrected chi connectivity index (χ3v) is 3.27. The molecule has 0 spiro atoms. The van der Waals surface area contributed by atoms with Gasteiger partial charge < -0.3 is 11.1 Å². The zero-order chi connectivity index (χ0) is 15.6. The number of hydrogen-bond donors (Lipinski definition) is 3. The van der Waals surface area contributed by atoms with Gasteiger partial charge in [0.1, 0.15) is 17.3 Å². The molecule has 4 N–H and O–H groups in total. The van der Waals surface area contributed by atoms with Gasteiger partial charge in [0, 0.05) is 12.6 Å². The highest BCUT2D eigenvalue weighted by molar-refractivity contribution is 5.61. The summed E-state index contributed by atoms with van der Waals surface area (Å²) < 4.78 is 14.5. The number of nitrogen functional groups attached to an aromatic ring is 1. The molecule has 1 atom stereocenters. The van der Waals surface area contributed by atoms with E-state index in [0.717, 1.165) is 0 Å². The zero-order valence-corrected chi connectivity index (χ0v) is 11.8. The number of nitrogens with zero attached hydrogens (tertiary/aromatic N) is 1. The molecule has 1 aromatic heterocycles. The number of nitrogens with two attached hydrogens (primary N) is 1. The molecule has 1 heterocycles. The Morgan fingerprint density at radius 3 is 2.76 bits per heavy atom. The van der Waals surface area contributed by atoms with Crippen LogP contribution in [0.4, 0.5) is 15.9 Å². The van der Waals surface area contributed by atoms with E-state index in [1.807, 2.05) is 0 Å². The van der Waals surface area contributed by atoms with Crippen LogP contribution in [-0.2, 0) is 6.54 Å². The minimum absolute atomic E-state index is 0.0644. The summed E-state index contributed by atoms with van der Waals surface area (Å²) in [5, 5.41) is 2.93. The van der Waals surface area contributed by atoms with Gasteiger partial charge in [0.2, 0.25) is 0 Å². The fourth-order valence-corrected chi connectivity index (χ4v) is 2.12. The molecule has 1 unspecified atom stereocenters. The summed E-state index contributed by atoms with van der Waals surface area (Å²) >= 11 is 0. The maximum atomic E-state index is 13.2. The average molecular weight is 292 g/mol. The minimum atomic E-state index is -0.592. The number of aromatic amines is 1. The van der Waals surface area contributed by atoms with Crippen molar-refractivity contribution in [3.05, 3.63) is 56.5 Å². The lowest BCUT2D eigenvalue weighted by Crippen LogP contribution is -2.34. The molecule has 0 amide bonds. The van der Waals surface area contributed by atoms with Crippen LogP contribution in [0.2, 0.25) is 0 Å². The van der Waals surface area contributed by atoms with Crippen LogP contribution < -0.4 is 22.3 Å². The van der Waals surface area contributed by atoms with E-state index < -0.39 is 11.2 Å². The van der Waals surface area contributed by atoms with Crippen LogP contribution in [0.3, 0.4) is 0 Å². The first-order valence-corrected chi connectivity index (χ1v) is 6.58.